The Kier molecular flexibility index (Phi) is 5.92. The van der Waals surface area contributed by atoms with Gasteiger partial charge in [0.15, 0.2) is 5.78 Å². The van der Waals surface area contributed by atoms with Crippen LogP contribution in [0.5, 0.6) is 5.75 Å². The van der Waals surface area contributed by atoms with E-state index >= 15 is 0 Å². The zero-order valence-electron chi connectivity index (χ0n) is 13.2. The van der Waals surface area contributed by atoms with Crippen LogP contribution in [-0.2, 0) is 4.74 Å². The van der Waals surface area contributed by atoms with Crippen molar-refractivity contribution < 1.29 is 23.9 Å². The zero-order chi connectivity index (χ0) is 18.4. The number of ether oxygens (including phenoxy) is 2. The van der Waals surface area contributed by atoms with Gasteiger partial charge in [0.1, 0.15) is 11.3 Å². The summed E-state index contributed by atoms with van der Waals surface area (Å²) in [5.74, 6) is -0.954. The van der Waals surface area contributed by atoms with Crippen LogP contribution in [0.1, 0.15) is 26.3 Å². The van der Waals surface area contributed by atoms with Crippen molar-refractivity contribution in [2.45, 2.75) is 0 Å². The minimum Gasteiger partial charge on any atom is -0.465 e. The molecule has 0 saturated heterocycles. The summed E-state index contributed by atoms with van der Waals surface area (Å²) in [4.78, 5) is 34.8. The number of carbonyl (C=O) groups excluding carboxylic acids is 3. The molecule has 0 heterocycles. The molecule has 0 bridgehead atoms. The molecular formula is C18H14ClNO5. The average Bonchev–Trinajstić information content (AvgIpc) is 2.60. The quantitative estimate of drug-likeness (QED) is 0.501. The van der Waals surface area contributed by atoms with Gasteiger partial charge in [-0.1, -0.05) is 23.7 Å². The Labute approximate surface area is 148 Å². The second-order valence-corrected chi connectivity index (χ2v) is 5.31. The first-order chi connectivity index (χ1) is 11.9. The van der Waals surface area contributed by atoms with E-state index < -0.39 is 12.1 Å². The van der Waals surface area contributed by atoms with Crippen LogP contribution in [0.3, 0.4) is 0 Å². The molecule has 7 heteroatoms. The van der Waals surface area contributed by atoms with Gasteiger partial charge in [-0.2, -0.15) is 0 Å². The van der Waals surface area contributed by atoms with Crippen LogP contribution < -0.4 is 10.5 Å². The summed E-state index contributed by atoms with van der Waals surface area (Å²) in [6.07, 6.45) is 1.83. The van der Waals surface area contributed by atoms with Crippen molar-refractivity contribution in [1.82, 2.24) is 0 Å². The average molecular weight is 360 g/mol. The van der Waals surface area contributed by atoms with Gasteiger partial charge in [0.05, 0.1) is 7.11 Å². The molecule has 0 saturated carbocycles. The normalized spacial score (nSPS) is 10.5. The maximum atomic E-state index is 12.1. The lowest BCUT2D eigenvalue weighted by Gasteiger charge is -2.08. The minimum atomic E-state index is -1.05. The number of allylic oxidation sites excluding steroid dienone is 1. The summed E-state index contributed by atoms with van der Waals surface area (Å²) in [5.41, 5.74) is 6.00. The minimum absolute atomic E-state index is 0.0161. The van der Waals surface area contributed by atoms with E-state index in [1.54, 1.807) is 30.3 Å². The lowest BCUT2D eigenvalue weighted by molar-refractivity contribution is 0.0598. The van der Waals surface area contributed by atoms with E-state index in [9.17, 15) is 14.4 Å². The van der Waals surface area contributed by atoms with Crippen molar-refractivity contribution in [3.8, 4) is 5.75 Å². The van der Waals surface area contributed by atoms with Gasteiger partial charge in [-0.3, -0.25) is 4.79 Å². The predicted molar refractivity (Wildman–Crippen MR) is 92.8 cm³/mol. The van der Waals surface area contributed by atoms with Gasteiger partial charge in [-0.25, -0.2) is 9.59 Å². The fraction of sp³-hybridized carbons (Fsp3) is 0.0556. The molecule has 0 aromatic heterocycles. The molecule has 25 heavy (non-hydrogen) atoms. The van der Waals surface area contributed by atoms with Crippen molar-refractivity contribution in [2.75, 3.05) is 7.11 Å². The standard InChI is InChI=1S/C18H14ClNO5/c1-24-17(22)14-10-11(3-9-16(14)25-18(20)23)2-8-15(21)12-4-6-13(19)7-5-12/h2-10H,1H3,(H2,20,23)/b8-2+. The Bertz CT molecular complexity index is 843. The van der Waals surface area contributed by atoms with E-state index in [0.29, 0.717) is 16.1 Å². The third kappa shape index (κ3) is 4.92. The second kappa shape index (κ2) is 8.12. The van der Waals surface area contributed by atoms with E-state index in [4.69, 9.17) is 22.1 Å². The molecule has 0 aliphatic heterocycles. The topological polar surface area (TPSA) is 95.7 Å². The maximum absolute atomic E-state index is 12.1. The van der Waals surface area contributed by atoms with Crippen LogP contribution in [0.25, 0.3) is 6.08 Å². The van der Waals surface area contributed by atoms with Crippen molar-refractivity contribution >= 4 is 35.5 Å². The number of primary amides is 1. The Balaban J connectivity index is 2.26. The van der Waals surface area contributed by atoms with Gasteiger partial charge >= 0.3 is 12.1 Å². The lowest BCUT2D eigenvalue weighted by atomic mass is 10.1. The predicted octanol–water partition coefficient (Wildman–Crippen LogP) is 3.48. The van der Waals surface area contributed by atoms with Gasteiger partial charge in [-0.05, 0) is 48.0 Å². The molecule has 128 valence electrons. The first-order valence-corrected chi connectivity index (χ1v) is 7.46. The molecule has 1 amide bonds. The number of halogens is 1. The number of benzene rings is 2. The van der Waals surface area contributed by atoms with Crippen LogP contribution in [0.4, 0.5) is 4.79 Å². The van der Waals surface area contributed by atoms with E-state index in [2.05, 4.69) is 4.74 Å². The van der Waals surface area contributed by atoms with E-state index in [0.717, 1.165) is 0 Å². The van der Waals surface area contributed by atoms with E-state index in [-0.39, 0.29) is 17.1 Å². The largest absolute Gasteiger partial charge is 0.465 e. The summed E-state index contributed by atoms with van der Waals surface area (Å²) in [6, 6.07) is 10.8. The molecule has 0 aliphatic carbocycles. The van der Waals surface area contributed by atoms with Crippen LogP contribution in [0.15, 0.2) is 48.5 Å². The maximum Gasteiger partial charge on any atom is 0.409 e. The molecule has 0 unspecified atom stereocenters. The third-order valence-corrected chi connectivity index (χ3v) is 3.43. The molecule has 2 rings (SSSR count). The van der Waals surface area contributed by atoms with Crippen molar-refractivity contribution in [2.24, 2.45) is 5.73 Å². The van der Waals surface area contributed by atoms with Crippen LogP contribution in [0, 0.1) is 0 Å². The number of ketones is 1. The zero-order valence-corrected chi connectivity index (χ0v) is 13.9. The fourth-order valence-corrected chi connectivity index (χ4v) is 2.13. The van der Waals surface area contributed by atoms with Crippen molar-refractivity contribution in [1.29, 1.82) is 0 Å². The number of rotatable bonds is 5. The molecule has 0 spiro atoms. The van der Waals surface area contributed by atoms with Gasteiger partial charge in [-0.15, -0.1) is 0 Å². The van der Waals surface area contributed by atoms with E-state index in [1.165, 1.54) is 31.4 Å². The molecule has 2 aromatic rings. The monoisotopic (exact) mass is 359 g/mol. The van der Waals surface area contributed by atoms with E-state index in [1.807, 2.05) is 0 Å². The molecule has 6 nitrogen and oxygen atoms in total. The highest BCUT2D eigenvalue weighted by Crippen LogP contribution is 2.22. The fourth-order valence-electron chi connectivity index (χ4n) is 2.00. The Morgan fingerprint density at radius 3 is 2.36 bits per heavy atom. The number of hydrogen-bond acceptors (Lipinski definition) is 5. The highest BCUT2D eigenvalue weighted by atomic mass is 35.5. The highest BCUT2D eigenvalue weighted by molar-refractivity contribution is 6.30. The number of amides is 1. The summed E-state index contributed by atoms with van der Waals surface area (Å²) in [5, 5.41) is 0.535. The summed E-state index contributed by atoms with van der Waals surface area (Å²) in [6.45, 7) is 0. The third-order valence-electron chi connectivity index (χ3n) is 3.18. The molecular weight excluding hydrogens is 346 g/mol. The highest BCUT2D eigenvalue weighted by Gasteiger charge is 2.15. The first kappa shape index (κ1) is 18.2. The lowest BCUT2D eigenvalue weighted by Crippen LogP contribution is -2.18. The van der Waals surface area contributed by atoms with Crippen LogP contribution in [-0.4, -0.2) is 25.0 Å². The van der Waals surface area contributed by atoms with Crippen LogP contribution in [0.2, 0.25) is 5.02 Å². The van der Waals surface area contributed by atoms with Crippen molar-refractivity contribution in [3.63, 3.8) is 0 Å². The SMILES string of the molecule is COC(=O)c1cc(/C=C/C(=O)c2ccc(Cl)cc2)ccc1OC(N)=O. The molecule has 0 aliphatic rings. The molecule has 0 radical (unpaired) electrons. The number of carbonyl (C=O) groups is 3. The molecule has 0 fully saturated rings. The van der Waals surface area contributed by atoms with Gasteiger partial charge in [0, 0.05) is 10.6 Å². The second-order valence-electron chi connectivity index (χ2n) is 4.87. The number of methoxy groups -OCH3 is 1. The molecule has 2 aromatic carbocycles. The van der Waals surface area contributed by atoms with Gasteiger partial charge < -0.3 is 15.2 Å². The number of esters is 1. The van der Waals surface area contributed by atoms with Gasteiger partial charge in [0.2, 0.25) is 0 Å². The summed E-state index contributed by atoms with van der Waals surface area (Å²) < 4.78 is 9.41. The molecule has 2 N–H and O–H groups in total. The van der Waals surface area contributed by atoms with Crippen molar-refractivity contribution in [3.05, 3.63) is 70.3 Å². The smallest absolute Gasteiger partial charge is 0.409 e. The number of hydrogen-bond donors (Lipinski definition) is 1. The Morgan fingerprint density at radius 2 is 1.76 bits per heavy atom. The first-order valence-electron chi connectivity index (χ1n) is 7.08. The number of nitrogens with two attached hydrogens (primary N) is 1. The molecule has 0 atom stereocenters. The Hall–Kier alpha value is -3.12. The Morgan fingerprint density at radius 1 is 1.08 bits per heavy atom. The van der Waals surface area contributed by atoms with Gasteiger partial charge in [0.25, 0.3) is 0 Å². The van der Waals surface area contributed by atoms with Crippen LogP contribution >= 0.6 is 11.6 Å². The summed E-state index contributed by atoms with van der Waals surface area (Å²) >= 11 is 5.78. The summed E-state index contributed by atoms with van der Waals surface area (Å²) in [7, 11) is 1.20.